The number of nitrogens with two attached hydrogens (primary N) is 2. The third-order valence-electron chi connectivity index (χ3n) is 5.98. The molecule has 0 unspecified atom stereocenters. The quantitative estimate of drug-likeness (QED) is 0.253. The van der Waals surface area contributed by atoms with Gasteiger partial charge >= 0.3 is 10.3 Å². The largest absolute Gasteiger partial charge is 0.398 e. The summed E-state index contributed by atoms with van der Waals surface area (Å²) < 4.78 is 45.4. The van der Waals surface area contributed by atoms with Gasteiger partial charge in [-0.3, -0.25) is 8.75 Å². The van der Waals surface area contributed by atoms with E-state index in [-0.39, 0.29) is 13.2 Å². The summed E-state index contributed by atoms with van der Waals surface area (Å²) in [7, 11) is -4.31. The highest BCUT2D eigenvalue weighted by molar-refractivity contribution is 7.84. The van der Waals surface area contributed by atoms with Crippen molar-refractivity contribution in [3.63, 3.8) is 0 Å². The minimum Gasteiger partial charge on any atom is -0.398 e. The highest BCUT2D eigenvalue weighted by Crippen LogP contribution is 2.35. The maximum absolute atomic E-state index is 12.7. The minimum absolute atomic E-state index is 0.0803. The summed E-state index contributed by atoms with van der Waals surface area (Å²) in [5, 5.41) is 21.0. The van der Waals surface area contributed by atoms with E-state index in [2.05, 4.69) is 14.7 Å². The zero-order valence-corrected chi connectivity index (χ0v) is 18.6. The summed E-state index contributed by atoms with van der Waals surface area (Å²) in [4.78, 5) is 8.36. The molecule has 0 bridgehead atoms. The number of aliphatic hydroxyl groups excluding tert-OH is 2. The Morgan fingerprint density at radius 3 is 2.62 bits per heavy atom. The van der Waals surface area contributed by atoms with E-state index < -0.39 is 47.0 Å². The molecule has 0 aliphatic carbocycles. The van der Waals surface area contributed by atoms with E-state index in [9.17, 15) is 18.6 Å². The molecule has 2 aromatic heterocycles. The Balaban J connectivity index is 1.29. The SMILES string of the molecule is Nc1ccccc1C1(NS(=O)(=O)OC[C@H]2O[C@@H](n3cnc4c(N)ccnc43)[C@H](O)[C@@H]2O)COC1. The van der Waals surface area contributed by atoms with Crippen LogP contribution in [0, 0.1) is 0 Å². The molecule has 2 fully saturated rings. The van der Waals surface area contributed by atoms with Gasteiger partial charge in [0, 0.05) is 17.4 Å². The topological polar surface area (TPSA) is 197 Å². The summed E-state index contributed by atoms with van der Waals surface area (Å²) in [6, 6.07) is 8.44. The molecule has 7 N–H and O–H groups in total. The Morgan fingerprint density at radius 2 is 1.91 bits per heavy atom. The molecule has 2 aliphatic heterocycles. The number of nitrogens with zero attached hydrogens (tertiary/aromatic N) is 3. The fourth-order valence-electron chi connectivity index (χ4n) is 4.17. The number of imidazole rings is 1. The lowest BCUT2D eigenvalue weighted by molar-refractivity contribution is -0.0692. The van der Waals surface area contributed by atoms with E-state index in [0.717, 1.165) is 0 Å². The van der Waals surface area contributed by atoms with Gasteiger partial charge in [-0.25, -0.2) is 9.97 Å². The van der Waals surface area contributed by atoms with Crippen LogP contribution < -0.4 is 16.2 Å². The van der Waals surface area contributed by atoms with Crippen LogP contribution in [0.25, 0.3) is 11.2 Å². The number of nitrogen functional groups attached to an aromatic ring is 2. The number of nitrogens with one attached hydrogen (secondary N) is 1. The smallest absolute Gasteiger partial charge is 0.336 e. The van der Waals surface area contributed by atoms with E-state index in [4.69, 9.17) is 25.1 Å². The van der Waals surface area contributed by atoms with Gasteiger partial charge in [0.1, 0.15) is 29.4 Å². The van der Waals surface area contributed by atoms with Crippen LogP contribution in [0.5, 0.6) is 0 Å². The van der Waals surface area contributed by atoms with E-state index in [1.54, 1.807) is 30.3 Å². The second-order valence-electron chi connectivity index (χ2n) is 8.27. The molecule has 5 rings (SSSR count). The summed E-state index contributed by atoms with van der Waals surface area (Å²) >= 11 is 0. The summed E-state index contributed by atoms with van der Waals surface area (Å²) in [5.41, 5.74) is 13.0. The number of pyridine rings is 1. The Labute approximate surface area is 194 Å². The van der Waals surface area contributed by atoms with Crippen LogP contribution in [0.15, 0.2) is 42.9 Å². The highest BCUT2D eigenvalue weighted by Gasteiger charge is 2.47. The van der Waals surface area contributed by atoms with Gasteiger partial charge in [-0.05, 0) is 12.1 Å². The van der Waals surface area contributed by atoms with Gasteiger partial charge in [0.15, 0.2) is 11.9 Å². The number of benzene rings is 1. The molecule has 0 saturated carbocycles. The number of ether oxygens (including phenoxy) is 2. The predicted molar refractivity (Wildman–Crippen MR) is 119 cm³/mol. The third kappa shape index (κ3) is 3.88. The molecule has 1 aromatic carbocycles. The average molecular weight is 493 g/mol. The van der Waals surface area contributed by atoms with Gasteiger partial charge in [0.05, 0.1) is 31.8 Å². The van der Waals surface area contributed by atoms with E-state index in [0.29, 0.717) is 28.1 Å². The maximum atomic E-state index is 12.7. The van der Waals surface area contributed by atoms with Crippen molar-refractivity contribution in [1.82, 2.24) is 19.3 Å². The number of aromatic nitrogens is 3. The van der Waals surface area contributed by atoms with Gasteiger partial charge in [-0.15, -0.1) is 0 Å². The first-order chi connectivity index (χ1) is 16.2. The minimum atomic E-state index is -4.31. The van der Waals surface area contributed by atoms with E-state index in [1.165, 1.54) is 17.1 Å². The van der Waals surface area contributed by atoms with Crippen LogP contribution in [0.2, 0.25) is 0 Å². The van der Waals surface area contributed by atoms with Crippen molar-refractivity contribution >= 4 is 32.8 Å². The van der Waals surface area contributed by atoms with Crippen molar-refractivity contribution < 1.29 is 32.3 Å². The van der Waals surface area contributed by atoms with Crippen molar-refractivity contribution in [2.75, 3.05) is 31.3 Å². The number of hydrogen-bond donors (Lipinski definition) is 5. The van der Waals surface area contributed by atoms with Crippen LogP contribution in [-0.4, -0.2) is 71.3 Å². The Morgan fingerprint density at radius 1 is 1.15 bits per heavy atom. The van der Waals surface area contributed by atoms with Gasteiger partial charge < -0.3 is 31.2 Å². The van der Waals surface area contributed by atoms with E-state index >= 15 is 0 Å². The molecule has 182 valence electrons. The molecule has 3 aromatic rings. The summed E-state index contributed by atoms with van der Waals surface area (Å²) in [6.45, 7) is -0.387. The van der Waals surface area contributed by atoms with Crippen LogP contribution >= 0.6 is 0 Å². The number of fused-ring (bicyclic) bond motifs is 1. The van der Waals surface area contributed by atoms with Gasteiger partial charge in [0.2, 0.25) is 0 Å². The van der Waals surface area contributed by atoms with Gasteiger partial charge in [0.25, 0.3) is 0 Å². The molecule has 0 spiro atoms. The van der Waals surface area contributed by atoms with Crippen molar-refractivity contribution in [2.24, 2.45) is 0 Å². The predicted octanol–water partition coefficient (Wildman–Crippen LogP) is -1.01. The molecule has 2 aliphatic rings. The van der Waals surface area contributed by atoms with Crippen molar-refractivity contribution in [2.45, 2.75) is 30.1 Å². The van der Waals surface area contributed by atoms with Crippen molar-refractivity contribution in [3.05, 3.63) is 48.4 Å². The second-order valence-corrected chi connectivity index (χ2v) is 9.62. The highest BCUT2D eigenvalue weighted by atomic mass is 32.2. The summed E-state index contributed by atoms with van der Waals surface area (Å²) in [5.74, 6) is 0. The molecular weight excluding hydrogens is 468 g/mol. The van der Waals surface area contributed by atoms with Crippen LogP contribution in [0.4, 0.5) is 11.4 Å². The number of hydrogen-bond acceptors (Lipinski definition) is 11. The third-order valence-corrected chi connectivity index (χ3v) is 7.07. The molecule has 14 heteroatoms. The van der Waals surface area contributed by atoms with Gasteiger partial charge in [-0.2, -0.15) is 13.1 Å². The van der Waals surface area contributed by atoms with Crippen LogP contribution in [-0.2, 0) is 29.5 Å². The molecule has 2 saturated heterocycles. The number of para-hydroxylation sites is 1. The fourth-order valence-corrected chi connectivity index (χ4v) is 5.25. The molecule has 0 amide bonds. The lowest BCUT2D eigenvalue weighted by Gasteiger charge is -2.42. The standard InChI is InChI=1S/C20H24N6O7S/c21-12-4-2-1-3-11(12)20(8-31-9-20)25-34(29,30)32-7-14-16(27)17(28)19(33-14)26-10-24-15-13(22)5-6-23-18(15)26/h1-6,10,14,16-17,19,25,27-28H,7-9,21H2,(H2,22,23)/t14-,16-,17-,19-/m1/s1. The van der Waals surface area contributed by atoms with Crippen LogP contribution in [0.3, 0.4) is 0 Å². The van der Waals surface area contributed by atoms with Crippen LogP contribution in [0.1, 0.15) is 11.8 Å². The molecule has 13 nitrogen and oxygen atoms in total. The first-order valence-electron chi connectivity index (χ1n) is 10.4. The maximum Gasteiger partial charge on any atom is 0.336 e. The zero-order chi connectivity index (χ0) is 24.1. The molecule has 4 heterocycles. The number of aliphatic hydroxyl groups is 2. The zero-order valence-electron chi connectivity index (χ0n) is 17.8. The Bertz CT molecular complexity index is 1310. The first-order valence-corrected chi connectivity index (χ1v) is 11.8. The number of rotatable bonds is 7. The van der Waals surface area contributed by atoms with E-state index in [1.807, 2.05) is 0 Å². The lowest BCUT2D eigenvalue weighted by Crippen LogP contribution is -2.59. The Kier molecular flexibility index (Phi) is 5.68. The average Bonchev–Trinajstić information content (AvgIpc) is 3.32. The molecule has 34 heavy (non-hydrogen) atoms. The summed E-state index contributed by atoms with van der Waals surface area (Å²) in [6.07, 6.45) is -2.18. The second kappa shape index (κ2) is 8.42. The fraction of sp³-hybridized carbons (Fsp3) is 0.400. The normalized spacial score (nSPS) is 26.5. The number of anilines is 2. The lowest BCUT2D eigenvalue weighted by atomic mass is 9.88. The monoisotopic (exact) mass is 492 g/mol. The van der Waals surface area contributed by atoms with Gasteiger partial charge in [-0.1, -0.05) is 18.2 Å². The molecule has 0 radical (unpaired) electrons. The molecule has 4 atom stereocenters. The van der Waals surface area contributed by atoms with Crippen molar-refractivity contribution in [3.8, 4) is 0 Å². The first kappa shape index (κ1) is 22.9. The Hall–Kier alpha value is -2.85. The van der Waals surface area contributed by atoms with Crippen molar-refractivity contribution in [1.29, 1.82) is 0 Å². The molecular formula is C20H24N6O7S.